The van der Waals surface area contributed by atoms with Crippen molar-refractivity contribution >= 4 is 38.5 Å². The Morgan fingerprint density at radius 1 is 1.23 bits per heavy atom. The van der Waals surface area contributed by atoms with E-state index in [0.29, 0.717) is 36.6 Å². The Bertz CT molecular complexity index is 894. The highest BCUT2D eigenvalue weighted by atomic mass is 32.1. The Hall–Kier alpha value is -2.67. The molecule has 4 rings (SSSR count). The molecule has 0 unspecified atom stereocenters. The molecule has 1 aliphatic heterocycles. The molecule has 2 amide bonds. The standard InChI is InChI=1S/C19H19N3O3S/c1-21(19-20-15-4-2-3-5-16(15)26-19)17(23)13-6-9-22(10-7-13)18(24)14-8-11-25-12-14/h2-5,8,11-13H,6-7,9-10H2,1H3. The molecule has 0 radical (unpaired) electrons. The normalized spacial score (nSPS) is 15.3. The molecule has 0 aliphatic carbocycles. The number of likely N-dealkylation sites (tertiary alicyclic amines) is 1. The molecule has 0 atom stereocenters. The zero-order chi connectivity index (χ0) is 18.1. The predicted molar refractivity (Wildman–Crippen MR) is 100 cm³/mol. The van der Waals surface area contributed by atoms with Gasteiger partial charge in [0.1, 0.15) is 6.26 Å². The zero-order valence-corrected chi connectivity index (χ0v) is 15.2. The number of amides is 2. The van der Waals surface area contributed by atoms with Gasteiger partial charge >= 0.3 is 0 Å². The van der Waals surface area contributed by atoms with Gasteiger partial charge in [0.2, 0.25) is 5.91 Å². The van der Waals surface area contributed by atoms with Gasteiger partial charge in [-0.15, -0.1) is 0 Å². The van der Waals surface area contributed by atoms with Crippen LogP contribution in [0, 0.1) is 5.92 Å². The smallest absolute Gasteiger partial charge is 0.257 e. The maximum atomic E-state index is 12.9. The minimum atomic E-state index is -0.0830. The first kappa shape index (κ1) is 16.8. The van der Waals surface area contributed by atoms with Crippen LogP contribution in [-0.4, -0.2) is 41.8 Å². The predicted octanol–water partition coefficient (Wildman–Crippen LogP) is 3.40. The number of fused-ring (bicyclic) bond motifs is 1. The summed E-state index contributed by atoms with van der Waals surface area (Å²) < 4.78 is 6.05. The van der Waals surface area contributed by atoms with Crippen molar-refractivity contribution in [2.75, 3.05) is 25.0 Å². The number of hydrogen-bond donors (Lipinski definition) is 0. The van der Waals surface area contributed by atoms with E-state index in [9.17, 15) is 9.59 Å². The summed E-state index contributed by atoms with van der Waals surface area (Å²) in [7, 11) is 1.78. The molecular weight excluding hydrogens is 350 g/mol. The first-order valence-corrected chi connectivity index (χ1v) is 9.40. The van der Waals surface area contributed by atoms with Crippen LogP contribution in [0.4, 0.5) is 5.13 Å². The van der Waals surface area contributed by atoms with Crippen LogP contribution >= 0.6 is 11.3 Å². The average Bonchev–Trinajstić information content (AvgIpc) is 3.36. The van der Waals surface area contributed by atoms with Crippen molar-refractivity contribution < 1.29 is 14.0 Å². The molecule has 0 bridgehead atoms. The number of anilines is 1. The van der Waals surface area contributed by atoms with Crippen molar-refractivity contribution in [3.63, 3.8) is 0 Å². The van der Waals surface area contributed by atoms with E-state index in [-0.39, 0.29) is 17.7 Å². The third-order valence-electron chi connectivity index (χ3n) is 4.80. The van der Waals surface area contributed by atoms with E-state index in [0.717, 1.165) is 10.2 Å². The van der Waals surface area contributed by atoms with Gasteiger partial charge in [0.25, 0.3) is 5.91 Å². The van der Waals surface area contributed by atoms with Crippen molar-refractivity contribution in [2.45, 2.75) is 12.8 Å². The lowest BCUT2D eigenvalue weighted by Gasteiger charge is -2.32. The van der Waals surface area contributed by atoms with Gasteiger partial charge < -0.3 is 9.32 Å². The Kier molecular flexibility index (Phi) is 4.46. The molecule has 1 saturated heterocycles. The lowest BCUT2D eigenvalue weighted by atomic mass is 9.95. The molecule has 7 heteroatoms. The molecule has 0 saturated carbocycles. The molecule has 1 aliphatic rings. The Morgan fingerprint density at radius 2 is 2.00 bits per heavy atom. The van der Waals surface area contributed by atoms with Crippen molar-refractivity contribution in [3.05, 3.63) is 48.4 Å². The summed E-state index contributed by atoms with van der Waals surface area (Å²) in [4.78, 5) is 33.2. The SMILES string of the molecule is CN(C(=O)C1CCN(C(=O)c2ccoc2)CC1)c1nc2ccccc2s1. The molecule has 1 fully saturated rings. The Balaban J connectivity index is 1.40. The largest absolute Gasteiger partial charge is 0.472 e. The van der Waals surface area contributed by atoms with Crippen LogP contribution in [-0.2, 0) is 4.79 Å². The van der Waals surface area contributed by atoms with Crippen LogP contribution in [0.15, 0.2) is 47.3 Å². The number of carbonyl (C=O) groups excluding carboxylic acids is 2. The maximum Gasteiger partial charge on any atom is 0.257 e. The fraction of sp³-hybridized carbons (Fsp3) is 0.316. The molecule has 0 N–H and O–H groups in total. The highest BCUT2D eigenvalue weighted by Crippen LogP contribution is 2.30. The van der Waals surface area contributed by atoms with Gasteiger partial charge in [-0.1, -0.05) is 23.5 Å². The van der Waals surface area contributed by atoms with Crippen LogP contribution in [0.2, 0.25) is 0 Å². The first-order chi connectivity index (χ1) is 12.6. The molecule has 2 aromatic heterocycles. The Labute approximate surface area is 155 Å². The van der Waals surface area contributed by atoms with Gasteiger partial charge in [0.05, 0.1) is 22.0 Å². The summed E-state index contributed by atoms with van der Waals surface area (Å²) in [6, 6.07) is 9.54. The second-order valence-electron chi connectivity index (χ2n) is 6.44. The number of thiazole rings is 1. The number of carbonyl (C=O) groups is 2. The third-order valence-corrected chi connectivity index (χ3v) is 5.91. The number of aromatic nitrogens is 1. The van der Waals surface area contributed by atoms with E-state index in [2.05, 4.69) is 4.98 Å². The third kappa shape index (κ3) is 3.10. The van der Waals surface area contributed by atoms with E-state index in [1.807, 2.05) is 24.3 Å². The Morgan fingerprint density at radius 3 is 2.69 bits per heavy atom. The number of nitrogens with zero attached hydrogens (tertiary/aromatic N) is 3. The number of benzene rings is 1. The van der Waals surface area contributed by atoms with Crippen LogP contribution in [0.5, 0.6) is 0 Å². The monoisotopic (exact) mass is 369 g/mol. The molecular formula is C19H19N3O3S. The van der Waals surface area contributed by atoms with E-state index >= 15 is 0 Å². The van der Waals surface area contributed by atoms with Crippen molar-refractivity contribution in [1.29, 1.82) is 0 Å². The van der Waals surface area contributed by atoms with Gasteiger partial charge in [0.15, 0.2) is 5.13 Å². The van der Waals surface area contributed by atoms with E-state index in [4.69, 9.17) is 4.42 Å². The van der Waals surface area contributed by atoms with Gasteiger partial charge in [-0.05, 0) is 31.0 Å². The fourth-order valence-electron chi connectivity index (χ4n) is 3.27. The second-order valence-corrected chi connectivity index (χ2v) is 7.45. The van der Waals surface area contributed by atoms with E-state index < -0.39 is 0 Å². The van der Waals surface area contributed by atoms with Crippen LogP contribution in [0.1, 0.15) is 23.2 Å². The molecule has 1 aromatic carbocycles. The molecule has 134 valence electrons. The number of para-hydroxylation sites is 1. The summed E-state index contributed by atoms with van der Waals surface area (Å²) in [5, 5.41) is 0.716. The second kappa shape index (κ2) is 6.92. The maximum absolute atomic E-state index is 12.9. The van der Waals surface area contributed by atoms with E-state index in [1.54, 1.807) is 22.9 Å². The van der Waals surface area contributed by atoms with Gasteiger partial charge in [-0.25, -0.2) is 4.98 Å². The molecule has 6 nitrogen and oxygen atoms in total. The molecule has 3 aromatic rings. The quantitative estimate of drug-likeness (QED) is 0.710. The van der Waals surface area contributed by atoms with Crippen molar-refractivity contribution in [1.82, 2.24) is 9.88 Å². The van der Waals surface area contributed by atoms with Gasteiger partial charge in [0, 0.05) is 26.1 Å². The number of rotatable bonds is 3. The first-order valence-electron chi connectivity index (χ1n) is 8.58. The van der Waals surface area contributed by atoms with E-state index in [1.165, 1.54) is 23.9 Å². The average molecular weight is 369 g/mol. The van der Waals surface area contributed by atoms with Crippen LogP contribution in [0.3, 0.4) is 0 Å². The lowest BCUT2D eigenvalue weighted by Crippen LogP contribution is -2.43. The summed E-state index contributed by atoms with van der Waals surface area (Å²) in [6.45, 7) is 1.15. The summed E-state index contributed by atoms with van der Waals surface area (Å²) in [5.74, 6) is -0.0518. The van der Waals surface area contributed by atoms with Gasteiger partial charge in [-0.3, -0.25) is 14.5 Å². The van der Waals surface area contributed by atoms with Gasteiger partial charge in [-0.2, -0.15) is 0 Å². The lowest BCUT2D eigenvalue weighted by molar-refractivity contribution is -0.123. The fourth-order valence-corrected chi connectivity index (χ4v) is 4.20. The summed E-state index contributed by atoms with van der Waals surface area (Å²) in [6.07, 6.45) is 4.28. The minimum absolute atomic E-state index is 0.0378. The highest BCUT2D eigenvalue weighted by Gasteiger charge is 2.31. The van der Waals surface area contributed by atoms with Crippen molar-refractivity contribution in [3.8, 4) is 0 Å². The molecule has 0 spiro atoms. The number of furan rings is 1. The topological polar surface area (TPSA) is 66.7 Å². The summed E-state index contributed by atoms with van der Waals surface area (Å²) in [5.41, 5.74) is 1.47. The van der Waals surface area contributed by atoms with Crippen LogP contribution < -0.4 is 4.90 Å². The highest BCUT2D eigenvalue weighted by molar-refractivity contribution is 7.22. The molecule has 3 heterocycles. The van der Waals surface area contributed by atoms with Crippen molar-refractivity contribution in [2.24, 2.45) is 5.92 Å². The zero-order valence-electron chi connectivity index (χ0n) is 14.4. The van der Waals surface area contributed by atoms with Crippen LogP contribution in [0.25, 0.3) is 10.2 Å². The minimum Gasteiger partial charge on any atom is -0.472 e. The summed E-state index contributed by atoms with van der Waals surface area (Å²) >= 11 is 1.52. The number of hydrogen-bond acceptors (Lipinski definition) is 5. The number of piperidine rings is 1. The molecule has 26 heavy (non-hydrogen) atoms.